The summed E-state index contributed by atoms with van der Waals surface area (Å²) >= 11 is 0. The Labute approximate surface area is 605 Å². The number of carbonyl (C=O) groups excluding carboxylic acids is 2. The lowest BCUT2D eigenvalue weighted by Gasteiger charge is -2.51. The molecule has 2 amide bonds. The number of carbonyl (C=O) groups is 2. The van der Waals surface area contributed by atoms with E-state index in [4.69, 9.17) is 85.3 Å². The van der Waals surface area contributed by atoms with Crippen LogP contribution in [0.15, 0.2) is 0 Å². The monoisotopic (exact) mass is 1570 g/mol. The third-order valence-corrected chi connectivity index (χ3v) is 19.7. The first-order chi connectivity index (χ1) is 50.7. The molecule has 9 heterocycles. The molecule has 28 N–H and O–H groups in total. The summed E-state index contributed by atoms with van der Waals surface area (Å²) < 4.78 is 105. The molecule has 0 bridgehead atoms. The molecule has 0 aromatic carbocycles. The Kier molecular flexibility index (Phi) is 31.7. The van der Waals surface area contributed by atoms with Crippen molar-refractivity contribution in [3.05, 3.63) is 0 Å². The molecule has 9 saturated heterocycles. The highest BCUT2D eigenvalue weighted by Gasteiger charge is 2.60. The summed E-state index contributed by atoms with van der Waals surface area (Å²) in [7, 11) is 1.14. The molecular formula is C59H100N2O46. The van der Waals surface area contributed by atoms with E-state index in [0.717, 1.165) is 21.0 Å². The van der Waals surface area contributed by atoms with Crippen molar-refractivity contribution < 1.29 is 228 Å². The van der Waals surface area contributed by atoms with E-state index in [2.05, 4.69) is 10.6 Å². The summed E-state index contributed by atoms with van der Waals surface area (Å²) in [5.74, 6) is -1.72. The largest absolute Gasteiger partial charge is 0.394 e. The third kappa shape index (κ3) is 19.3. The number of rotatable bonds is 28. The van der Waals surface area contributed by atoms with Crippen LogP contribution in [0.2, 0.25) is 0 Å². The average molecular weight is 1570 g/mol. The van der Waals surface area contributed by atoms with Crippen molar-refractivity contribution in [3.8, 4) is 0 Å². The van der Waals surface area contributed by atoms with Crippen LogP contribution < -0.4 is 10.6 Å². The van der Waals surface area contributed by atoms with E-state index >= 15 is 0 Å². The quantitative estimate of drug-likeness (QED) is 0.0346. The van der Waals surface area contributed by atoms with E-state index in [1.807, 2.05) is 0 Å². The minimum absolute atomic E-state index is 0.549. The first kappa shape index (κ1) is 88.1. The lowest BCUT2D eigenvalue weighted by atomic mass is 9.94. The maximum absolute atomic E-state index is 13.0. The molecule has 9 rings (SSSR count). The van der Waals surface area contributed by atoms with E-state index in [1.54, 1.807) is 0 Å². The summed E-state index contributed by atoms with van der Waals surface area (Å²) in [6.07, 6.45) is -89.8. The molecule has 45 atom stereocenters. The van der Waals surface area contributed by atoms with Gasteiger partial charge in [0.2, 0.25) is 11.8 Å². The normalized spacial score (nSPS) is 50.8. The number of nitrogens with one attached hydrogen (secondary N) is 2. The minimum Gasteiger partial charge on any atom is -0.394 e. The molecule has 0 spiro atoms. The average Bonchev–Trinajstić information content (AvgIpc) is 0.766. The van der Waals surface area contributed by atoms with Gasteiger partial charge in [-0.1, -0.05) is 0 Å². The smallest absolute Gasteiger partial charge is 0.217 e. The van der Waals surface area contributed by atoms with Gasteiger partial charge in [0.1, 0.15) is 220 Å². The van der Waals surface area contributed by atoms with Crippen molar-refractivity contribution in [2.45, 2.75) is 290 Å². The first-order valence-electron chi connectivity index (χ1n) is 34.0. The van der Waals surface area contributed by atoms with Gasteiger partial charge in [-0.25, -0.2) is 0 Å². The van der Waals surface area contributed by atoms with E-state index in [1.165, 1.54) is 0 Å². The third-order valence-electron chi connectivity index (χ3n) is 19.7. The Hall–Kier alpha value is -2.82. The summed E-state index contributed by atoms with van der Waals surface area (Å²) in [5.41, 5.74) is 0. The van der Waals surface area contributed by atoms with Gasteiger partial charge in [-0.2, -0.15) is 0 Å². The van der Waals surface area contributed by atoms with Crippen molar-refractivity contribution in [2.75, 3.05) is 66.6 Å². The van der Waals surface area contributed by atoms with Crippen LogP contribution in [0.4, 0.5) is 0 Å². The summed E-state index contributed by atoms with van der Waals surface area (Å²) in [6.45, 7) is -7.09. The SMILES string of the molecule is COC[C@H]1O[C@H](O[C@@H]2[C@@H](O[C@@H]3[C@H](O)[C@H](O[C@H]4[C@H](O)[C@@H](NC(C)=O)[C@H](O[C@H]5[C@H](O)[C@@H](NC(C)=O)[C@H](O)O[C@@H]5CO)O[C@@H]4CO)O[C@H](CO[C@H]4O[C@H](CO[C@H]5O[C@H](CO)[C@@H](O)[C@H](O)[C@@H]5O)[C@@H](O)[C@H](O[C@H]5O[C@H](CO)[C@@H](O)[C@H](O)[C@@H]5O)[C@@H]4O)[C@H]3O)O[C@H](CO)[C@@H](O)[C@@H]2O)[C@@H](O[C@H]2O[C@H](CO)[C@@H](O)[C@H](O)[C@@H]2O)[C@@H](O)[C@@H]1O. The van der Waals surface area contributed by atoms with E-state index in [0.29, 0.717) is 0 Å². The summed E-state index contributed by atoms with van der Waals surface area (Å²) in [4.78, 5) is 25.1. The molecule has 9 aliphatic rings. The highest BCUT2D eigenvalue weighted by molar-refractivity contribution is 5.73. The van der Waals surface area contributed by atoms with Crippen LogP contribution in [0.3, 0.4) is 0 Å². The molecule has 9 fully saturated rings. The zero-order valence-corrected chi connectivity index (χ0v) is 57.1. The zero-order valence-electron chi connectivity index (χ0n) is 57.1. The van der Waals surface area contributed by atoms with Crippen LogP contribution in [0.25, 0.3) is 0 Å². The van der Waals surface area contributed by atoms with Gasteiger partial charge in [0.05, 0.1) is 59.5 Å². The number of hydrogen-bond donors (Lipinski definition) is 28. The second kappa shape index (κ2) is 38.5. The second-order valence-electron chi connectivity index (χ2n) is 27.0. The lowest BCUT2D eigenvalue weighted by Crippen LogP contribution is -2.70. The van der Waals surface area contributed by atoms with Crippen molar-refractivity contribution in [1.29, 1.82) is 0 Å². The Balaban J connectivity index is 1.06. The molecule has 107 heavy (non-hydrogen) atoms. The maximum atomic E-state index is 13.0. The molecule has 0 aliphatic carbocycles. The number of aliphatic hydroxyl groups excluding tert-OH is 26. The second-order valence-corrected chi connectivity index (χ2v) is 27.0. The van der Waals surface area contributed by atoms with Crippen molar-refractivity contribution in [3.63, 3.8) is 0 Å². The van der Waals surface area contributed by atoms with Gasteiger partial charge in [-0.3, -0.25) is 9.59 Å². The maximum Gasteiger partial charge on any atom is 0.217 e. The zero-order chi connectivity index (χ0) is 78.6. The molecule has 48 heteroatoms. The Morgan fingerprint density at radius 1 is 0.262 bits per heavy atom. The van der Waals surface area contributed by atoms with Crippen LogP contribution in [0.5, 0.6) is 0 Å². The molecule has 0 radical (unpaired) electrons. The fourth-order valence-electron chi connectivity index (χ4n) is 13.7. The Bertz CT molecular complexity index is 2730. The topological polar surface area (TPSA) is 750 Å². The number of aliphatic hydroxyl groups is 26. The Morgan fingerprint density at radius 3 is 0.991 bits per heavy atom. The summed E-state index contributed by atoms with van der Waals surface area (Å²) in [5, 5.41) is 292. The van der Waals surface area contributed by atoms with Gasteiger partial charge < -0.3 is 229 Å². The molecule has 0 aromatic rings. The number of methoxy groups -OCH3 is 1. The fourth-order valence-corrected chi connectivity index (χ4v) is 13.7. The van der Waals surface area contributed by atoms with Crippen LogP contribution in [-0.2, 0) is 94.9 Å². The summed E-state index contributed by atoms with van der Waals surface area (Å²) in [6, 6.07) is -3.56. The standard InChI is InChI=1S/C59H100N2O46/c1-13(68)60-24-33(77)45(19(8-66)93-51(24)89)102-52-25(61-14(2)69)34(78)46(20(9-67)98-52)103-57-44(88)48(105-58-50(38(82)29(73)18(7-65)97-58)107-59-49(39(83)30(74)21(101-59)10-90-3)106-56-42(86)37(81)28(72)17(6-64)96-56)32(76)23(100-57)12-92-54-43(87)47(104-55-41(85)36(80)27(71)16(5-63)95-55)31(75)22(99-54)11-91-53-40(84)35(79)26(70)15(4-62)94-53/h15-59,62-67,70-89H,4-12H2,1-3H3,(H,60,68)(H,61,69)/t15-,16-,17-,18-,19-,20-,21-,22-,23-,24-,25-,26-,27-,28-,29-,30-,31-,32-,33-,34-,35+,36+,37+,38+,39+,40+,41+,42+,43+,44+,45-,46-,47+,48+,49+,50+,51-,52+,53+,54+,55-,56-,57+,58-,59-/m1/s1. The highest BCUT2D eigenvalue weighted by Crippen LogP contribution is 2.40. The van der Waals surface area contributed by atoms with E-state index in [-0.39, 0.29) is 0 Å². The van der Waals surface area contributed by atoms with Crippen LogP contribution >= 0.6 is 0 Å². The number of ether oxygens (including phenoxy) is 18. The van der Waals surface area contributed by atoms with Gasteiger partial charge in [0.15, 0.2) is 56.6 Å². The van der Waals surface area contributed by atoms with Crippen LogP contribution in [-0.4, -0.2) is 487 Å². The van der Waals surface area contributed by atoms with Crippen LogP contribution in [0, 0.1) is 0 Å². The van der Waals surface area contributed by atoms with E-state index in [9.17, 15) is 142 Å². The van der Waals surface area contributed by atoms with Gasteiger partial charge in [0.25, 0.3) is 0 Å². The van der Waals surface area contributed by atoms with Gasteiger partial charge >= 0.3 is 0 Å². The minimum atomic E-state index is -2.57. The molecule has 9 aliphatic heterocycles. The molecule has 48 nitrogen and oxygen atoms in total. The van der Waals surface area contributed by atoms with Crippen LogP contribution in [0.1, 0.15) is 13.8 Å². The lowest BCUT2D eigenvalue weighted by molar-refractivity contribution is -0.408. The molecular weight excluding hydrogens is 1470 g/mol. The fraction of sp³-hybridized carbons (Fsp3) is 0.966. The number of hydrogen-bond acceptors (Lipinski definition) is 46. The Morgan fingerprint density at radius 2 is 0.542 bits per heavy atom. The van der Waals surface area contributed by atoms with Crippen molar-refractivity contribution in [1.82, 2.24) is 10.6 Å². The van der Waals surface area contributed by atoms with Crippen molar-refractivity contribution >= 4 is 11.8 Å². The van der Waals surface area contributed by atoms with Gasteiger partial charge in [0, 0.05) is 21.0 Å². The van der Waals surface area contributed by atoms with Crippen molar-refractivity contribution in [2.24, 2.45) is 0 Å². The predicted octanol–water partition coefficient (Wildman–Crippen LogP) is -19.7. The molecule has 0 aromatic heterocycles. The van der Waals surface area contributed by atoms with E-state index < -0.39 is 348 Å². The number of amides is 2. The molecule has 622 valence electrons. The molecule has 0 saturated carbocycles. The highest BCUT2D eigenvalue weighted by atomic mass is 16.8. The first-order valence-corrected chi connectivity index (χ1v) is 34.0. The van der Waals surface area contributed by atoms with Gasteiger partial charge in [-0.15, -0.1) is 0 Å². The predicted molar refractivity (Wildman–Crippen MR) is 325 cm³/mol. The van der Waals surface area contributed by atoms with Gasteiger partial charge in [-0.05, 0) is 0 Å². The molecule has 0 unspecified atom stereocenters.